The van der Waals surface area contributed by atoms with E-state index in [9.17, 15) is 4.79 Å². The molecule has 1 amide bonds. The topological polar surface area (TPSA) is 98.7 Å². The number of carbonyl (C=O) groups excluding carboxylic acids is 1. The van der Waals surface area contributed by atoms with Crippen LogP contribution >= 0.6 is 0 Å². The molecule has 3 aromatic heterocycles. The Morgan fingerprint density at radius 1 is 1.19 bits per heavy atom. The highest BCUT2D eigenvalue weighted by molar-refractivity contribution is 5.93. The predicted molar refractivity (Wildman–Crippen MR) is 97.0 cm³/mol. The van der Waals surface area contributed by atoms with Crippen molar-refractivity contribution in [2.45, 2.75) is 13.5 Å². The fraction of sp³-hybridized carbons (Fsp3) is 0.105. The molecule has 8 nitrogen and oxygen atoms in total. The highest BCUT2D eigenvalue weighted by atomic mass is 16.4. The zero-order valence-electron chi connectivity index (χ0n) is 14.5. The van der Waals surface area contributed by atoms with Crippen molar-refractivity contribution in [3.8, 4) is 17.3 Å². The number of hydrogen-bond donors (Lipinski definition) is 1. The largest absolute Gasteiger partial charge is 0.441 e. The van der Waals surface area contributed by atoms with Crippen molar-refractivity contribution < 1.29 is 9.21 Å². The van der Waals surface area contributed by atoms with E-state index in [4.69, 9.17) is 4.42 Å². The molecule has 8 heteroatoms. The van der Waals surface area contributed by atoms with E-state index in [1.807, 2.05) is 42.5 Å². The van der Waals surface area contributed by atoms with Crippen LogP contribution in [-0.4, -0.2) is 30.6 Å². The van der Waals surface area contributed by atoms with Crippen LogP contribution in [0.3, 0.4) is 0 Å². The molecule has 0 saturated heterocycles. The third kappa shape index (κ3) is 3.59. The van der Waals surface area contributed by atoms with Crippen molar-refractivity contribution in [1.29, 1.82) is 0 Å². The second-order valence-electron chi connectivity index (χ2n) is 5.84. The SMILES string of the molecule is Cc1oc(-c2ccccc2)nc1C(=O)NCc1ccc(-n2cncn2)nc1. The van der Waals surface area contributed by atoms with Crippen LogP contribution in [0.25, 0.3) is 17.3 Å². The number of oxazole rings is 1. The van der Waals surface area contributed by atoms with E-state index >= 15 is 0 Å². The van der Waals surface area contributed by atoms with Crippen molar-refractivity contribution in [3.05, 3.63) is 78.3 Å². The number of nitrogens with zero attached hydrogens (tertiary/aromatic N) is 5. The first-order valence-corrected chi connectivity index (χ1v) is 8.31. The van der Waals surface area contributed by atoms with Gasteiger partial charge in [-0.05, 0) is 30.7 Å². The first-order valence-electron chi connectivity index (χ1n) is 8.31. The summed E-state index contributed by atoms with van der Waals surface area (Å²) >= 11 is 0. The number of benzene rings is 1. The first-order chi connectivity index (χ1) is 13.2. The van der Waals surface area contributed by atoms with Gasteiger partial charge in [0.1, 0.15) is 18.4 Å². The fourth-order valence-corrected chi connectivity index (χ4v) is 2.56. The second-order valence-corrected chi connectivity index (χ2v) is 5.84. The summed E-state index contributed by atoms with van der Waals surface area (Å²) in [4.78, 5) is 25.0. The minimum absolute atomic E-state index is 0.279. The Labute approximate surface area is 154 Å². The summed E-state index contributed by atoms with van der Waals surface area (Å²) < 4.78 is 7.19. The molecule has 0 bridgehead atoms. The Morgan fingerprint density at radius 2 is 2.04 bits per heavy atom. The monoisotopic (exact) mass is 360 g/mol. The number of nitrogens with one attached hydrogen (secondary N) is 1. The van der Waals surface area contributed by atoms with Crippen LogP contribution in [-0.2, 0) is 6.54 Å². The highest BCUT2D eigenvalue weighted by Crippen LogP contribution is 2.21. The van der Waals surface area contributed by atoms with Crippen LogP contribution < -0.4 is 5.32 Å². The van der Waals surface area contributed by atoms with E-state index < -0.39 is 0 Å². The van der Waals surface area contributed by atoms with Crippen LogP contribution in [0.4, 0.5) is 0 Å². The summed E-state index contributed by atoms with van der Waals surface area (Å²) in [6, 6.07) is 13.1. The second kappa shape index (κ2) is 7.20. The number of pyridine rings is 1. The molecule has 1 N–H and O–H groups in total. The van der Waals surface area contributed by atoms with Gasteiger partial charge in [0.25, 0.3) is 5.91 Å². The molecule has 0 radical (unpaired) electrons. The lowest BCUT2D eigenvalue weighted by atomic mass is 10.2. The number of aryl methyl sites for hydroxylation is 1. The smallest absolute Gasteiger partial charge is 0.273 e. The molecule has 3 heterocycles. The van der Waals surface area contributed by atoms with Gasteiger partial charge in [0.2, 0.25) is 5.89 Å². The molecule has 0 aliphatic rings. The van der Waals surface area contributed by atoms with Gasteiger partial charge in [-0.1, -0.05) is 24.3 Å². The summed E-state index contributed by atoms with van der Waals surface area (Å²) in [5, 5.41) is 6.86. The van der Waals surface area contributed by atoms with Gasteiger partial charge in [-0.25, -0.2) is 19.6 Å². The number of hydrogen-bond acceptors (Lipinski definition) is 6. The van der Waals surface area contributed by atoms with Gasteiger partial charge in [-0.15, -0.1) is 0 Å². The lowest BCUT2D eigenvalue weighted by molar-refractivity contribution is 0.0945. The Hall–Kier alpha value is -3.81. The Bertz CT molecular complexity index is 1040. The van der Waals surface area contributed by atoms with E-state index in [2.05, 4.69) is 25.4 Å². The lowest BCUT2D eigenvalue weighted by Gasteiger charge is -2.05. The average Bonchev–Trinajstić information content (AvgIpc) is 3.37. The van der Waals surface area contributed by atoms with Crippen LogP contribution in [0.1, 0.15) is 21.8 Å². The zero-order valence-corrected chi connectivity index (χ0v) is 14.5. The van der Waals surface area contributed by atoms with E-state index in [1.54, 1.807) is 24.1 Å². The van der Waals surface area contributed by atoms with Crippen molar-refractivity contribution in [3.63, 3.8) is 0 Å². The fourth-order valence-electron chi connectivity index (χ4n) is 2.56. The van der Waals surface area contributed by atoms with Gasteiger partial charge in [0, 0.05) is 18.3 Å². The van der Waals surface area contributed by atoms with E-state index in [0.29, 0.717) is 24.0 Å². The molecular weight excluding hydrogens is 344 g/mol. The third-order valence-corrected chi connectivity index (χ3v) is 3.95. The van der Waals surface area contributed by atoms with Crippen molar-refractivity contribution in [1.82, 2.24) is 30.0 Å². The van der Waals surface area contributed by atoms with Gasteiger partial charge in [0.15, 0.2) is 11.5 Å². The summed E-state index contributed by atoms with van der Waals surface area (Å²) in [6.07, 6.45) is 4.70. The van der Waals surface area contributed by atoms with Crippen LogP contribution in [0.2, 0.25) is 0 Å². The minimum Gasteiger partial charge on any atom is -0.441 e. The summed E-state index contributed by atoms with van der Waals surface area (Å²) in [6.45, 7) is 2.05. The van der Waals surface area contributed by atoms with Gasteiger partial charge >= 0.3 is 0 Å². The molecule has 4 aromatic rings. The molecule has 0 aliphatic carbocycles. The molecule has 0 saturated carbocycles. The van der Waals surface area contributed by atoms with Crippen molar-refractivity contribution >= 4 is 5.91 Å². The standard InChI is InChI=1S/C19H16N6O2/c1-13-17(24-19(27-13)15-5-3-2-4-6-15)18(26)22-10-14-7-8-16(21-9-14)25-12-20-11-23-25/h2-9,11-12H,10H2,1H3,(H,22,26). The maximum absolute atomic E-state index is 12.5. The van der Waals surface area contributed by atoms with Crippen LogP contribution in [0, 0.1) is 6.92 Å². The molecule has 0 aliphatic heterocycles. The molecule has 0 spiro atoms. The Balaban J connectivity index is 1.43. The number of carbonyl (C=O) groups is 1. The average molecular weight is 360 g/mol. The maximum atomic E-state index is 12.5. The molecule has 0 atom stereocenters. The molecule has 134 valence electrons. The predicted octanol–water partition coefficient (Wildman–Crippen LogP) is 2.56. The van der Waals surface area contributed by atoms with Crippen LogP contribution in [0.5, 0.6) is 0 Å². The molecule has 0 fully saturated rings. The molecular formula is C19H16N6O2. The number of aromatic nitrogens is 5. The van der Waals surface area contributed by atoms with Crippen molar-refractivity contribution in [2.24, 2.45) is 0 Å². The lowest BCUT2D eigenvalue weighted by Crippen LogP contribution is -2.24. The quantitative estimate of drug-likeness (QED) is 0.587. The highest BCUT2D eigenvalue weighted by Gasteiger charge is 2.17. The molecule has 0 unspecified atom stereocenters. The van der Waals surface area contributed by atoms with Crippen molar-refractivity contribution in [2.75, 3.05) is 0 Å². The Morgan fingerprint density at radius 3 is 2.74 bits per heavy atom. The summed E-state index contributed by atoms with van der Waals surface area (Å²) in [7, 11) is 0. The molecule has 1 aromatic carbocycles. The summed E-state index contributed by atoms with van der Waals surface area (Å²) in [5.74, 6) is 1.27. The van der Waals surface area contributed by atoms with Crippen LogP contribution in [0.15, 0.2) is 65.7 Å². The first kappa shape index (κ1) is 16.6. The van der Waals surface area contributed by atoms with Gasteiger partial charge in [-0.3, -0.25) is 4.79 Å². The minimum atomic E-state index is -0.293. The summed E-state index contributed by atoms with van der Waals surface area (Å²) in [5.41, 5.74) is 1.96. The maximum Gasteiger partial charge on any atom is 0.273 e. The van der Waals surface area contributed by atoms with Gasteiger partial charge in [0.05, 0.1) is 0 Å². The van der Waals surface area contributed by atoms with E-state index in [0.717, 1.165) is 11.1 Å². The number of amides is 1. The Kier molecular flexibility index (Phi) is 4.44. The van der Waals surface area contributed by atoms with E-state index in [1.165, 1.54) is 6.33 Å². The zero-order chi connectivity index (χ0) is 18.6. The normalized spacial score (nSPS) is 10.7. The van der Waals surface area contributed by atoms with E-state index in [-0.39, 0.29) is 11.6 Å². The molecule has 4 rings (SSSR count). The van der Waals surface area contributed by atoms with Gasteiger partial charge < -0.3 is 9.73 Å². The number of rotatable bonds is 5. The molecule has 27 heavy (non-hydrogen) atoms. The van der Waals surface area contributed by atoms with Gasteiger partial charge in [-0.2, -0.15) is 5.10 Å². The third-order valence-electron chi connectivity index (χ3n) is 3.95.